The fourth-order valence-corrected chi connectivity index (χ4v) is 4.35. The zero-order valence-corrected chi connectivity index (χ0v) is 15.7. The van der Waals surface area contributed by atoms with Gasteiger partial charge in [0, 0.05) is 6.07 Å². The van der Waals surface area contributed by atoms with E-state index < -0.39 is 10.0 Å². The maximum absolute atomic E-state index is 13.0. The summed E-state index contributed by atoms with van der Waals surface area (Å²) in [6.07, 6.45) is 0. The van der Waals surface area contributed by atoms with Crippen LogP contribution in [0.5, 0.6) is 11.5 Å². The van der Waals surface area contributed by atoms with Gasteiger partial charge in [-0.1, -0.05) is 6.07 Å². The van der Waals surface area contributed by atoms with E-state index in [0.29, 0.717) is 22.1 Å². The van der Waals surface area contributed by atoms with Crippen LogP contribution in [0.3, 0.4) is 0 Å². The molecule has 0 bridgehead atoms. The van der Waals surface area contributed by atoms with Crippen LogP contribution in [-0.2, 0) is 10.0 Å². The van der Waals surface area contributed by atoms with Crippen LogP contribution in [0.2, 0.25) is 0 Å². The highest BCUT2D eigenvalue weighted by Crippen LogP contribution is 2.33. The van der Waals surface area contributed by atoms with Crippen molar-refractivity contribution >= 4 is 15.7 Å². The van der Waals surface area contributed by atoms with Crippen molar-refractivity contribution in [2.24, 2.45) is 0 Å². The molecule has 0 heterocycles. The van der Waals surface area contributed by atoms with Gasteiger partial charge in [0.25, 0.3) is 10.0 Å². The summed E-state index contributed by atoms with van der Waals surface area (Å²) in [4.78, 5) is 0.310. The second kappa shape index (κ2) is 6.73. The van der Waals surface area contributed by atoms with Crippen LogP contribution in [0.1, 0.15) is 22.3 Å². The molecule has 0 amide bonds. The first-order chi connectivity index (χ1) is 11.2. The molecule has 0 aliphatic heterocycles. The van der Waals surface area contributed by atoms with E-state index in [4.69, 9.17) is 9.47 Å². The minimum absolute atomic E-state index is 0.310. The molecular formula is C18H23NO4S. The second-order valence-corrected chi connectivity index (χ2v) is 7.38. The summed E-state index contributed by atoms with van der Waals surface area (Å²) in [6.45, 7) is 7.46. The molecule has 6 heteroatoms. The predicted octanol–water partition coefficient (Wildman–Crippen LogP) is 3.74. The molecule has 0 radical (unpaired) electrons. The average Bonchev–Trinajstić information content (AvgIpc) is 2.52. The van der Waals surface area contributed by atoms with Crippen molar-refractivity contribution in [3.63, 3.8) is 0 Å². The van der Waals surface area contributed by atoms with Crippen LogP contribution >= 0.6 is 0 Å². The summed E-state index contributed by atoms with van der Waals surface area (Å²) in [7, 11) is -0.744. The molecule has 5 nitrogen and oxygen atoms in total. The molecular weight excluding hydrogens is 326 g/mol. The topological polar surface area (TPSA) is 64.6 Å². The Kier molecular flexibility index (Phi) is 5.08. The Balaban J connectivity index is 2.59. The minimum atomic E-state index is -3.76. The van der Waals surface area contributed by atoms with Crippen molar-refractivity contribution in [3.8, 4) is 11.5 Å². The first-order valence-electron chi connectivity index (χ1n) is 7.53. The molecule has 0 aliphatic rings. The standard InChI is InChI=1S/C18H23NO4S/c1-11-9-12(2)14(4)18(13(11)3)24(20,21)19-16-10-15(22-5)7-8-17(16)23-6/h7-10,19H,1-6H3. The van der Waals surface area contributed by atoms with E-state index in [0.717, 1.165) is 22.3 Å². The van der Waals surface area contributed by atoms with Gasteiger partial charge in [-0.2, -0.15) is 0 Å². The zero-order chi connectivity index (χ0) is 18.1. The number of methoxy groups -OCH3 is 2. The van der Waals surface area contributed by atoms with Gasteiger partial charge in [-0.25, -0.2) is 8.42 Å². The number of ether oxygens (including phenoxy) is 2. The molecule has 0 aromatic heterocycles. The highest BCUT2D eigenvalue weighted by Gasteiger charge is 2.23. The summed E-state index contributed by atoms with van der Waals surface area (Å²) in [5, 5.41) is 0. The molecule has 0 unspecified atom stereocenters. The van der Waals surface area contributed by atoms with E-state index in [9.17, 15) is 8.42 Å². The van der Waals surface area contributed by atoms with Crippen molar-refractivity contribution < 1.29 is 17.9 Å². The maximum atomic E-state index is 13.0. The molecule has 2 aromatic carbocycles. The molecule has 130 valence electrons. The third-order valence-electron chi connectivity index (χ3n) is 4.22. The Morgan fingerprint density at radius 3 is 1.96 bits per heavy atom. The minimum Gasteiger partial charge on any atom is -0.497 e. The van der Waals surface area contributed by atoms with Gasteiger partial charge >= 0.3 is 0 Å². The van der Waals surface area contributed by atoms with Crippen LogP contribution in [0, 0.1) is 27.7 Å². The van der Waals surface area contributed by atoms with Gasteiger partial charge in [-0.15, -0.1) is 0 Å². The van der Waals surface area contributed by atoms with Crippen molar-refractivity contribution in [2.45, 2.75) is 32.6 Å². The molecule has 0 spiro atoms. The van der Waals surface area contributed by atoms with E-state index in [1.165, 1.54) is 14.2 Å². The number of aryl methyl sites for hydroxylation is 2. The number of hydrogen-bond donors (Lipinski definition) is 1. The Bertz CT molecular complexity index is 847. The van der Waals surface area contributed by atoms with Gasteiger partial charge in [0.2, 0.25) is 0 Å². The van der Waals surface area contributed by atoms with Crippen LogP contribution in [0.25, 0.3) is 0 Å². The van der Waals surface area contributed by atoms with Crippen molar-refractivity contribution in [1.29, 1.82) is 0 Å². The second-order valence-electron chi connectivity index (χ2n) is 5.76. The monoisotopic (exact) mass is 349 g/mol. The zero-order valence-electron chi connectivity index (χ0n) is 14.9. The van der Waals surface area contributed by atoms with Crippen molar-refractivity contribution in [3.05, 3.63) is 46.5 Å². The lowest BCUT2D eigenvalue weighted by Gasteiger charge is -2.18. The quantitative estimate of drug-likeness (QED) is 0.893. The van der Waals surface area contributed by atoms with Gasteiger partial charge in [0.05, 0.1) is 24.8 Å². The van der Waals surface area contributed by atoms with E-state index in [-0.39, 0.29) is 0 Å². The third-order valence-corrected chi connectivity index (χ3v) is 5.86. The molecule has 0 saturated carbocycles. The van der Waals surface area contributed by atoms with E-state index in [1.807, 2.05) is 33.8 Å². The van der Waals surface area contributed by atoms with E-state index in [2.05, 4.69) is 4.72 Å². The van der Waals surface area contributed by atoms with Gasteiger partial charge in [-0.05, 0) is 62.1 Å². The number of hydrogen-bond acceptors (Lipinski definition) is 4. The van der Waals surface area contributed by atoms with Crippen molar-refractivity contribution in [1.82, 2.24) is 0 Å². The first-order valence-corrected chi connectivity index (χ1v) is 9.01. The molecule has 1 N–H and O–H groups in total. The average molecular weight is 349 g/mol. The molecule has 0 atom stereocenters. The number of benzene rings is 2. The number of rotatable bonds is 5. The highest BCUT2D eigenvalue weighted by molar-refractivity contribution is 7.92. The molecule has 2 aromatic rings. The Hall–Kier alpha value is -2.21. The molecule has 0 saturated heterocycles. The van der Waals surface area contributed by atoms with Crippen LogP contribution in [-0.4, -0.2) is 22.6 Å². The maximum Gasteiger partial charge on any atom is 0.262 e. The summed E-state index contributed by atoms with van der Waals surface area (Å²) < 4.78 is 39.1. The smallest absolute Gasteiger partial charge is 0.262 e. The Labute approximate surface area is 143 Å². The summed E-state index contributed by atoms with van der Waals surface area (Å²) in [5.74, 6) is 0.974. The predicted molar refractivity (Wildman–Crippen MR) is 95.7 cm³/mol. The lowest BCUT2D eigenvalue weighted by molar-refractivity contribution is 0.405. The number of sulfonamides is 1. The Morgan fingerprint density at radius 2 is 1.46 bits per heavy atom. The summed E-state index contributed by atoms with van der Waals surface area (Å²) >= 11 is 0. The highest BCUT2D eigenvalue weighted by atomic mass is 32.2. The SMILES string of the molecule is COc1ccc(OC)c(NS(=O)(=O)c2c(C)c(C)cc(C)c2C)c1. The van der Waals surface area contributed by atoms with Crippen LogP contribution in [0.15, 0.2) is 29.2 Å². The van der Waals surface area contributed by atoms with E-state index >= 15 is 0 Å². The van der Waals surface area contributed by atoms with Crippen molar-refractivity contribution in [2.75, 3.05) is 18.9 Å². The van der Waals surface area contributed by atoms with Gasteiger partial charge in [0.1, 0.15) is 11.5 Å². The van der Waals surface area contributed by atoms with Crippen LogP contribution in [0.4, 0.5) is 5.69 Å². The van der Waals surface area contributed by atoms with Gasteiger partial charge in [0.15, 0.2) is 0 Å². The largest absolute Gasteiger partial charge is 0.497 e. The normalized spacial score (nSPS) is 11.2. The van der Waals surface area contributed by atoms with Gasteiger partial charge < -0.3 is 9.47 Å². The molecule has 24 heavy (non-hydrogen) atoms. The summed E-state index contributed by atoms with van der Waals surface area (Å²) in [5.41, 5.74) is 3.71. The molecule has 0 aliphatic carbocycles. The molecule has 2 rings (SSSR count). The lowest BCUT2D eigenvalue weighted by Crippen LogP contribution is -2.17. The Morgan fingerprint density at radius 1 is 0.875 bits per heavy atom. The third kappa shape index (κ3) is 3.33. The van der Waals surface area contributed by atoms with E-state index in [1.54, 1.807) is 18.2 Å². The van der Waals surface area contributed by atoms with Gasteiger partial charge in [-0.3, -0.25) is 4.72 Å². The summed E-state index contributed by atoms with van der Waals surface area (Å²) in [6, 6.07) is 6.97. The number of anilines is 1. The lowest BCUT2D eigenvalue weighted by atomic mass is 10.0. The van der Waals surface area contributed by atoms with Crippen LogP contribution < -0.4 is 14.2 Å². The molecule has 0 fully saturated rings. The fourth-order valence-electron chi connectivity index (χ4n) is 2.67. The first kappa shape index (κ1) is 18.1. The fraction of sp³-hybridized carbons (Fsp3) is 0.333. The number of nitrogens with one attached hydrogen (secondary N) is 1.